The Labute approximate surface area is 183 Å². The molecule has 3 heterocycles. The van der Waals surface area contributed by atoms with E-state index in [0.717, 1.165) is 42.3 Å². The number of rotatable bonds is 5. The minimum absolute atomic E-state index is 0.0511. The first-order valence-corrected chi connectivity index (χ1v) is 10.8. The zero-order valence-corrected chi connectivity index (χ0v) is 18.1. The highest BCUT2D eigenvalue weighted by molar-refractivity contribution is 5.94. The average Bonchev–Trinajstić information content (AvgIpc) is 2.79. The Morgan fingerprint density at radius 3 is 3.03 bits per heavy atom. The van der Waals surface area contributed by atoms with Crippen LogP contribution in [0.15, 0.2) is 47.6 Å². The molecule has 2 aromatic rings. The summed E-state index contributed by atoms with van der Waals surface area (Å²) in [6.45, 7) is 5.79. The van der Waals surface area contributed by atoms with Crippen molar-refractivity contribution >= 4 is 23.4 Å². The fourth-order valence-electron chi connectivity index (χ4n) is 4.08. The van der Waals surface area contributed by atoms with Gasteiger partial charge in [0.1, 0.15) is 5.82 Å². The Morgan fingerprint density at radius 1 is 1.32 bits per heavy atom. The van der Waals surface area contributed by atoms with Crippen LogP contribution in [-0.4, -0.2) is 56.2 Å². The molecule has 1 fully saturated rings. The van der Waals surface area contributed by atoms with Gasteiger partial charge in [-0.25, -0.2) is 4.98 Å². The third-order valence-electron chi connectivity index (χ3n) is 5.68. The Morgan fingerprint density at radius 2 is 2.19 bits per heavy atom. The molecule has 1 aromatic heterocycles. The number of amides is 1. The molecule has 8 nitrogen and oxygen atoms in total. The first-order chi connectivity index (χ1) is 15.1. The van der Waals surface area contributed by atoms with Crippen molar-refractivity contribution < 1.29 is 9.53 Å². The summed E-state index contributed by atoms with van der Waals surface area (Å²) in [6, 6.07) is 12.1. The van der Waals surface area contributed by atoms with E-state index in [-0.39, 0.29) is 17.9 Å². The van der Waals surface area contributed by atoms with E-state index in [9.17, 15) is 4.79 Å². The number of carbonyl (C=O) groups excluding carboxylic acids is 1. The Balaban J connectivity index is 1.33. The second kappa shape index (κ2) is 9.78. The Kier molecular flexibility index (Phi) is 6.66. The molecule has 2 aliphatic rings. The smallest absolute Gasteiger partial charge is 0.225 e. The van der Waals surface area contributed by atoms with Gasteiger partial charge in [-0.3, -0.25) is 9.79 Å². The molecule has 3 N–H and O–H groups in total. The molecule has 1 saturated heterocycles. The maximum Gasteiger partial charge on any atom is 0.225 e. The molecule has 0 spiro atoms. The summed E-state index contributed by atoms with van der Waals surface area (Å²) in [5, 5.41) is 9.68. The minimum Gasteiger partial charge on any atom is -0.375 e. The van der Waals surface area contributed by atoms with Gasteiger partial charge in [0.2, 0.25) is 5.91 Å². The topological polar surface area (TPSA) is 90.9 Å². The van der Waals surface area contributed by atoms with Crippen molar-refractivity contribution in [3.63, 3.8) is 0 Å². The van der Waals surface area contributed by atoms with Crippen molar-refractivity contribution in [1.82, 2.24) is 15.6 Å². The van der Waals surface area contributed by atoms with Crippen molar-refractivity contribution in [2.24, 2.45) is 4.99 Å². The molecule has 4 rings (SSSR count). The standard InChI is InChI=1S/C23H30N6O2/c1-16-15-29(9-10-31-16)21-11-17(7-8-25-21)13-26-23(24-2)27-14-18-12-22(30)28-20-6-4-3-5-19(18)20/h3-8,11,16,18H,9-10,12-15H2,1-2H3,(H,28,30)(H2,24,26,27). The van der Waals surface area contributed by atoms with Crippen molar-refractivity contribution in [3.05, 3.63) is 53.7 Å². The summed E-state index contributed by atoms with van der Waals surface area (Å²) < 4.78 is 5.63. The number of hydrogen-bond donors (Lipinski definition) is 3. The van der Waals surface area contributed by atoms with E-state index in [1.54, 1.807) is 7.05 Å². The lowest BCUT2D eigenvalue weighted by atomic mass is 9.90. The van der Waals surface area contributed by atoms with Crippen molar-refractivity contribution in [2.75, 3.05) is 43.5 Å². The molecule has 0 bridgehead atoms. The first-order valence-electron chi connectivity index (χ1n) is 10.8. The van der Waals surface area contributed by atoms with Crippen molar-refractivity contribution in [1.29, 1.82) is 0 Å². The van der Waals surface area contributed by atoms with Crippen LogP contribution < -0.4 is 20.9 Å². The fraction of sp³-hybridized carbons (Fsp3) is 0.435. The van der Waals surface area contributed by atoms with Gasteiger partial charge in [-0.2, -0.15) is 0 Å². The van der Waals surface area contributed by atoms with E-state index < -0.39 is 0 Å². The molecule has 1 amide bonds. The van der Waals surface area contributed by atoms with Gasteiger partial charge in [-0.1, -0.05) is 18.2 Å². The second-order valence-electron chi connectivity index (χ2n) is 7.99. The van der Waals surface area contributed by atoms with Crippen LogP contribution >= 0.6 is 0 Å². The van der Waals surface area contributed by atoms with Crippen LogP contribution in [-0.2, 0) is 16.1 Å². The van der Waals surface area contributed by atoms with Crippen LogP contribution in [0.5, 0.6) is 0 Å². The SMILES string of the molecule is CN=C(NCc1ccnc(N2CCOC(C)C2)c1)NCC1CC(=O)Nc2ccccc21. The third-order valence-corrected chi connectivity index (χ3v) is 5.68. The highest BCUT2D eigenvalue weighted by Gasteiger charge is 2.24. The number of guanidine groups is 1. The molecule has 1 aromatic carbocycles. The van der Waals surface area contributed by atoms with Gasteiger partial charge in [-0.15, -0.1) is 0 Å². The second-order valence-corrected chi connectivity index (χ2v) is 7.99. The number of aliphatic imine (C=N–C) groups is 1. The number of anilines is 2. The van der Waals surface area contributed by atoms with Gasteiger partial charge in [0.05, 0.1) is 12.7 Å². The summed E-state index contributed by atoms with van der Waals surface area (Å²) in [7, 11) is 1.75. The summed E-state index contributed by atoms with van der Waals surface area (Å²) in [5.41, 5.74) is 3.19. The Bertz CT molecular complexity index is 947. The quantitative estimate of drug-likeness (QED) is 0.505. The Hall–Kier alpha value is -3.13. The predicted octanol–water partition coefficient (Wildman–Crippen LogP) is 2.10. The first kappa shape index (κ1) is 21.1. The molecule has 0 aliphatic carbocycles. The third kappa shape index (κ3) is 5.32. The van der Waals surface area contributed by atoms with Gasteiger partial charge in [-0.05, 0) is 36.2 Å². The average molecular weight is 423 g/mol. The minimum atomic E-state index is 0.0511. The van der Waals surface area contributed by atoms with Crippen molar-refractivity contribution in [2.45, 2.75) is 31.9 Å². The van der Waals surface area contributed by atoms with Crippen LogP contribution in [0.4, 0.5) is 11.5 Å². The van der Waals surface area contributed by atoms with Crippen LogP contribution in [0.3, 0.4) is 0 Å². The van der Waals surface area contributed by atoms with Crippen LogP contribution in [0.25, 0.3) is 0 Å². The summed E-state index contributed by atoms with van der Waals surface area (Å²) in [5.74, 6) is 1.85. The van der Waals surface area contributed by atoms with Crippen LogP contribution in [0, 0.1) is 0 Å². The number of ether oxygens (including phenoxy) is 1. The normalized spacial score (nSPS) is 21.3. The van der Waals surface area contributed by atoms with Gasteiger partial charge < -0.3 is 25.6 Å². The molecular formula is C23H30N6O2. The molecule has 0 saturated carbocycles. The van der Waals surface area contributed by atoms with E-state index in [1.807, 2.05) is 30.5 Å². The number of benzene rings is 1. The molecule has 31 heavy (non-hydrogen) atoms. The fourth-order valence-corrected chi connectivity index (χ4v) is 4.08. The summed E-state index contributed by atoms with van der Waals surface area (Å²) >= 11 is 0. The predicted molar refractivity (Wildman–Crippen MR) is 122 cm³/mol. The van der Waals surface area contributed by atoms with E-state index in [1.165, 1.54) is 0 Å². The van der Waals surface area contributed by atoms with E-state index in [2.05, 4.69) is 49.9 Å². The van der Waals surface area contributed by atoms with Crippen LogP contribution in [0.1, 0.15) is 30.4 Å². The number of pyridine rings is 1. The van der Waals surface area contributed by atoms with Gasteiger partial charge in [0.15, 0.2) is 5.96 Å². The molecule has 164 valence electrons. The lowest BCUT2D eigenvalue weighted by Crippen LogP contribution is -2.41. The van der Waals surface area contributed by atoms with E-state index >= 15 is 0 Å². The number of nitrogens with one attached hydrogen (secondary N) is 3. The molecule has 2 aliphatic heterocycles. The zero-order valence-electron chi connectivity index (χ0n) is 18.1. The summed E-state index contributed by atoms with van der Waals surface area (Å²) in [6.07, 6.45) is 2.53. The van der Waals surface area contributed by atoms with Crippen LogP contribution in [0.2, 0.25) is 0 Å². The number of aromatic nitrogens is 1. The number of carbonyl (C=O) groups is 1. The van der Waals surface area contributed by atoms with Gasteiger partial charge in [0.25, 0.3) is 0 Å². The number of hydrogen-bond acceptors (Lipinski definition) is 5. The van der Waals surface area contributed by atoms with Crippen molar-refractivity contribution in [3.8, 4) is 0 Å². The zero-order chi connectivity index (χ0) is 21.6. The lowest BCUT2D eigenvalue weighted by Gasteiger charge is -2.32. The van der Waals surface area contributed by atoms with Gasteiger partial charge >= 0.3 is 0 Å². The largest absolute Gasteiger partial charge is 0.375 e. The summed E-state index contributed by atoms with van der Waals surface area (Å²) in [4.78, 5) is 23.2. The lowest BCUT2D eigenvalue weighted by molar-refractivity contribution is -0.116. The maximum absolute atomic E-state index is 12.0. The number of morpholine rings is 1. The maximum atomic E-state index is 12.0. The molecule has 0 radical (unpaired) electrons. The van der Waals surface area contributed by atoms with E-state index in [4.69, 9.17) is 4.74 Å². The number of nitrogens with zero attached hydrogens (tertiary/aromatic N) is 3. The molecule has 2 unspecified atom stereocenters. The number of fused-ring (bicyclic) bond motifs is 1. The highest BCUT2D eigenvalue weighted by atomic mass is 16.5. The molecular weight excluding hydrogens is 392 g/mol. The number of para-hydroxylation sites is 1. The molecule has 2 atom stereocenters. The van der Waals surface area contributed by atoms with E-state index in [0.29, 0.717) is 25.5 Å². The molecule has 8 heteroatoms. The monoisotopic (exact) mass is 422 g/mol. The van der Waals surface area contributed by atoms with Gasteiger partial charge in [0, 0.05) is 57.4 Å². The highest BCUT2D eigenvalue weighted by Crippen LogP contribution is 2.31.